The summed E-state index contributed by atoms with van der Waals surface area (Å²) in [5.41, 5.74) is 3.72. The molecule has 0 amide bonds. The van der Waals surface area contributed by atoms with Crippen LogP contribution in [0.1, 0.15) is 54.9 Å². The highest BCUT2D eigenvalue weighted by atomic mass is 28.4. The van der Waals surface area contributed by atoms with E-state index in [9.17, 15) is 5.11 Å². The highest BCUT2D eigenvalue weighted by Crippen LogP contribution is 2.44. The van der Waals surface area contributed by atoms with Gasteiger partial charge in [0, 0.05) is 6.42 Å². The van der Waals surface area contributed by atoms with Crippen LogP contribution in [0.15, 0.2) is 23.8 Å². The molecule has 0 saturated carbocycles. The second kappa shape index (κ2) is 6.59. The molecule has 116 valence electrons. The molecule has 0 fully saturated rings. The lowest BCUT2D eigenvalue weighted by atomic mass is 9.92. The van der Waals surface area contributed by atoms with E-state index in [1.165, 1.54) is 5.57 Å². The Kier molecular flexibility index (Phi) is 5.82. The lowest BCUT2D eigenvalue weighted by Gasteiger charge is -2.46. The molecule has 0 aromatic heterocycles. The molecule has 0 heterocycles. The average Bonchev–Trinajstić information content (AvgIpc) is 2.30. The Morgan fingerprint density at radius 2 is 1.60 bits per heavy atom. The molecule has 0 unspecified atom stereocenters. The first-order valence-corrected chi connectivity index (χ1v) is 9.99. The molecule has 2 atom stereocenters. The molecule has 1 aliphatic rings. The molecule has 0 aromatic carbocycles. The van der Waals surface area contributed by atoms with Gasteiger partial charge in [-0.15, -0.1) is 0 Å². The van der Waals surface area contributed by atoms with Crippen molar-refractivity contribution >= 4 is 8.32 Å². The molecule has 0 spiro atoms. The maximum atomic E-state index is 10.1. The van der Waals surface area contributed by atoms with E-state index in [1.807, 2.05) is 6.08 Å². The summed E-state index contributed by atoms with van der Waals surface area (Å²) in [6.45, 7) is 19.8. The van der Waals surface area contributed by atoms with Crippen molar-refractivity contribution in [3.63, 3.8) is 0 Å². The minimum Gasteiger partial charge on any atom is -0.409 e. The summed E-state index contributed by atoms with van der Waals surface area (Å²) in [7, 11) is -1.89. The summed E-state index contributed by atoms with van der Waals surface area (Å²) in [4.78, 5) is 0. The highest BCUT2D eigenvalue weighted by molar-refractivity contribution is 6.77. The van der Waals surface area contributed by atoms with Gasteiger partial charge in [0.05, 0.1) is 12.2 Å². The van der Waals surface area contributed by atoms with Gasteiger partial charge in [0.1, 0.15) is 0 Å². The van der Waals surface area contributed by atoms with Crippen molar-refractivity contribution in [1.82, 2.24) is 0 Å². The Balaban J connectivity index is 3.08. The molecule has 20 heavy (non-hydrogen) atoms. The molecule has 0 radical (unpaired) electrons. The summed E-state index contributed by atoms with van der Waals surface area (Å²) in [5.74, 6) is 0. The van der Waals surface area contributed by atoms with Gasteiger partial charge >= 0.3 is 0 Å². The van der Waals surface area contributed by atoms with Crippen LogP contribution >= 0.6 is 0 Å². The van der Waals surface area contributed by atoms with Crippen LogP contribution in [0.3, 0.4) is 0 Å². The molecule has 0 bridgehead atoms. The van der Waals surface area contributed by atoms with Crippen LogP contribution in [0.25, 0.3) is 0 Å². The molecule has 1 rings (SSSR count). The van der Waals surface area contributed by atoms with Crippen molar-refractivity contribution < 1.29 is 9.53 Å². The second-order valence-corrected chi connectivity index (χ2v) is 12.5. The Labute approximate surface area is 126 Å². The van der Waals surface area contributed by atoms with Gasteiger partial charge in [-0.05, 0) is 34.7 Å². The van der Waals surface area contributed by atoms with Crippen LogP contribution in [0, 0.1) is 0 Å². The fraction of sp³-hybridized carbons (Fsp3) is 0.765. The van der Waals surface area contributed by atoms with Gasteiger partial charge in [-0.2, -0.15) is 0 Å². The maximum absolute atomic E-state index is 10.1. The summed E-state index contributed by atoms with van der Waals surface area (Å²) < 4.78 is 6.76. The first kappa shape index (κ1) is 17.7. The maximum Gasteiger partial charge on any atom is 0.201 e. The van der Waals surface area contributed by atoms with Gasteiger partial charge in [-0.25, -0.2) is 0 Å². The summed E-state index contributed by atoms with van der Waals surface area (Å²) in [6, 6.07) is 0. The van der Waals surface area contributed by atoms with Crippen molar-refractivity contribution in [3.05, 3.63) is 23.8 Å². The van der Waals surface area contributed by atoms with Gasteiger partial charge in [-0.3, -0.25) is 0 Å². The van der Waals surface area contributed by atoms with E-state index in [-0.39, 0.29) is 6.10 Å². The van der Waals surface area contributed by atoms with E-state index >= 15 is 0 Å². The molecule has 1 aliphatic carbocycles. The van der Waals surface area contributed by atoms with E-state index in [0.29, 0.717) is 23.0 Å². The number of aliphatic hydroxyl groups excluding tert-OH is 1. The molecular weight excluding hydrogens is 264 g/mol. The third kappa shape index (κ3) is 3.26. The van der Waals surface area contributed by atoms with Crippen LogP contribution in [0.4, 0.5) is 0 Å². The Morgan fingerprint density at radius 1 is 1.15 bits per heavy atom. The molecule has 1 N–H and O–H groups in total. The van der Waals surface area contributed by atoms with Gasteiger partial charge in [0.2, 0.25) is 8.32 Å². The molecule has 0 aromatic rings. The van der Waals surface area contributed by atoms with Crippen LogP contribution in [0.5, 0.6) is 0 Å². The molecule has 0 aliphatic heterocycles. The van der Waals surface area contributed by atoms with Crippen molar-refractivity contribution in [2.75, 3.05) is 0 Å². The quantitative estimate of drug-likeness (QED) is 0.737. The molecular formula is C17H32O2Si. The predicted molar refractivity (Wildman–Crippen MR) is 89.4 cm³/mol. The van der Waals surface area contributed by atoms with Gasteiger partial charge in [0.15, 0.2) is 0 Å². The van der Waals surface area contributed by atoms with Crippen molar-refractivity contribution in [2.24, 2.45) is 0 Å². The third-order valence-corrected chi connectivity index (χ3v) is 10.9. The topological polar surface area (TPSA) is 29.5 Å². The summed E-state index contributed by atoms with van der Waals surface area (Å²) >= 11 is 0. The lowest BCUT2D eigenvalue weighted by Crippen LogP contribution is -2.51. The predicted octanol–water partition coefficient (Wildman–Crippen LogP) is 4.81. The Hall–Kier alpha value is -0.383. The van der Waals surface area contributed by atoms with Crippen molar-refractivity contribution in [1.29, 1.82) is 0 Å². The van der Waals surface area contributed by atoms with E-state index in [2.05, 4.69) is 55.0 Å². The molecule has 0 saturated heterocycles. The molecule has 3 heteroatoms. The summed E-state index contributed by atoms with van der Waals surface area (Å²) in [6.07, 6.45) is 2.25. The smallest absolute Gasteiger partial charge is 0.201 e. The monoisotopic (exact) mass is 296 g/mol. The highest BCUT2D eigenvalue weighted by Gasteiger charge is 2.47. The lowest BCUT2D eigenvalue weighted by molar-refractivity contribution is 0.116. The van der Waals surface area contributed by atoms with Gasteiger partial charge in [0.25, 0.3) is 0 Å². The van der Waals surface area contributed by atoms with Crippen LogP contribution in [-0.4, -0.2) is 25.6 Å². The number of hydrogen-bond acceptors (Lipinski definition) is 2. The van der Waals surface area contributed by atoms with Crippen LogP contribution in [0.2, 0.25) is 16.6 Å². The largest absolute Gasteiger partial charge is 0.409 e. The normalized spacial score (nSPS) is 24.8. The zero-order chi connectivity index (χ0) is 15.7. The third-order valence-electron chi connectivity index (χ3n) is 4.84. The van der Waals surface area contributed by atoms with Gasteiger partial charge in [-0.1, -0.05) is 54.2 Å². The zero-order valence-corrected chi connectivity index (χ0v) is 15.2. The number of rotatable bonds is 5. The minimum atomic E-state index is -1.89. The van der Waals surface area contributed by atoms with E-state index in [0.717, 1.165) is 5.57 Å². The zero-order valence-electron chi connectivity index (χ0n) is 14.2. The number of aliphatic hydroxyl groups is 1. The van der Waals surface area contributed by atoms with E-state index in [4.69, 9.17) is 4.43 Å². The van der Waals surface area contributed by atoms with E-state index in [1.54, 1.807) is 0 Å². The second-order valence-electron chi connectivity index (χ2n) is 7.14. The first-order chi connectivity index (χ1) is 9.12. The Morgan fingerprint density at radius 3 is 2.00 bits per heavy atom. The fourth-order valence-electron chi connectivity index (χ4n) is 3.82. The van der Waals surface area contributed by atoms with Crippen LogP contribution in [-0.2, 0) is 4.43 Å². The average molecular weight is 297 g/mol. The summed E-state index contributed by atoms with van der Waals surface area (Å²) in [5, 5.41) is 10.1. The first-order valence-electron chi connectivity index (χ1n) is 7.85. The van der Waals surface area contributed by atoms with E-state index < -0.39 is 14.4 Å². The van der Waals surface area contributed by atoms with Crippen molar-refractivity contribution in [2.45, 2.75) is 83.7 Å². The Bertz CT molecular complexity index is 361. The van der Waals surface area contributed by atoms with Crippen molar-refractivity contribution in [3.8, 4) is 0 Å². The number of hydrogen-bond donors (Lipinski definition) is 1. The molecule has 2 nitrogen and oxygen atoms in total. The van der Waals surface area contributed by atoms with Crippen LogP contribution < -0.4 is 0 Å². The standard InChI is InChI=1S/C17H32O2Si/c1-11(2)20(12(3)4,13(5)6)19-17-10-16(18)14(7)9-15(17)8/h9,11-13,16-18H,7,10H2,1-6,8H3/t16-,17-/m0/s1. The fourth-order valence-corrected chi connectivity index (χ4v) is 9.41. The van der Waals surface area contributed by atoms with Gasteiger partial charge < -0.3 is 9.53 Å². The minimum absolute atomic E-state index is 0.0503. The SMILES string of the molecule is C=C1C=C(C)[C@@H](O[Si](C(C)C)(C(C)C)C(C)C)C[C@@H]1O.